The molecule has 0 aromatic heterocycles. The summed E-state index contributed by atoms with van der Waals surface area (Å²) in [6.07, 6.45) is 2.19. The number of carbonyl (C=O) groups is 2. The molecule has 1 aliphatic rings. The summed E-state index contributed by atoms with van der Waals surface area (Å²) in [5, 5.41) is 5.10. The molecule has 0 saturated carbocycles. The van der Waals surface area contributed by atoms with Crippen molar-refractivity contribution in [2.75, 3.05) is 19.7 Å². The van der Waals surface area contributed by atoms with Crippen LogP contribution >= 0.6 is 0 Å². The fourth-order valence-electron chi connectivity index (χ4n) is 1.28. The van der Waals surface area contributed by atoms with Crippen LogP contribution in [-0.2, 0) is 9.53 Å². The molecule has 1 rings (SSSR count). The van der Waals surface area contributed by atoms with Crippen LogP contribution in [0.1, 0.15) is 19.8 Å². The van der Waals surface area contributed by atoms with E-state index in [0.717, 1.165) is 19.4 Å². The van der Waals surface area contributed by atoms with Crippen LogP contribution in [0.3, 0.4) is 0 Å². The Bertz CT molecular complexity index is 212. The average Bonchev–Trinajstić information content (AvgIpc) is 2.63. The lowest BCUT2D eigenvalue weighted by Gasteiger charge is -2.10. The van der Waals surface area contributed by atoms with Crippen LogP contribution in [0.4, 0.5) is 4.79 Å². The van der Waals surface area contributed by atoms with Crippen molar-refractivity contribution in [1.29, 1.82) is 0 Å². The summed E-state index contributed by atoms with van der Waals surface area (Å²) >= 11 is 0. The van der Waals surface area contributed by atoms with Gasteiger partial charge in [-0.25, -0.2) is 4.79 Å². The Balaban J connectivity index is 2.05. The van der Waals surface area contributed by atoms with Gasteiger partial charge in [-0.2, -0.15) is 0 Å². The highest BCUT2D eigenvalue weighted by atomic mass is 16.5. The molecule has 1 saturated heterocycles. The second kappa shape index (κ2) is 5.59. The fraction of sp³-hybridized carbons (Fsp3) is 0.778. The van der Waals surface area contributed by atoms with Crippen LogP contribution in [-0.4, -0.2) is 37.6 Å². The minimum Gasteiger partial charge on any atom is -0.376 e. The molecule has 1 heterocycles. The third-order valence-electron chi connectivity index (χ3n) is 2.01. The molecule has 1 fully saturated rings. The molecule has 80 valence electrons. The van der Waals surface area contributed by atoms with Crippen molar-refractivity contribution in [1.82, 2.24) is 10.6 Å². The number of hydrogen-bond acceptors (Lipinski definition) is 3. The van der Waals surface area contributed by atoms with Crippen molar-refractivity contribution < 1.29 is 14.3 Å². The van der Waals surface area contributed by atoms with Gasteiger partial charge in [-0.3, -0.25) is 4.79 Å². The van der Waals surface area contributed by atoms with E-state index in [2.05, 4.69) is 10.6 Å². The van der Waals surface area contributed by atoms with Crippen molar-refractivity contribution in [3.05, 3.63) is 0 Å². The van der Waals surface area contributed by atoms with Gasteiger partial charge in [0.1, 0.15) is 5.78 Å². The fourth-order valence-corrected chi connectivity index (χ4v) is 1.28. The van der Waals surface area contributed by atoms with Crippen molar-refractivity contribution in [2.45, 2.75) is 25.9 Å². The summed E-state index contributed by atoms with van der Waals surface area (Å²) in [7, 11) is 0. The Morgan fingerprint density at radius 1 is 1.43 bits per heavy atom. The largest absolute Gasteiger partial charge is 0.376 e. The molecular formula is C9H16N2O3. The number of urea groups is 1. The van der Waals surface area contributed by atoms with Crippen molar-refractivity contribution in [3.8, 4) is 0 Å². The van der Waals surface area contributed by atoms with Gasteiger partial charge in [0.25, 0.3) is 0 Å². The Labute approximate surface area is 83.2 Å². The summed E-state index contributed by atoms with van der Waals surface area (Å²) in [6, 6.07) is -0.310. The highest BCUT2D eigenvalue weighted by Crippen LogP contribution is 2.10. The molecule has 0 aromatic rings. The van der Waals surface area contributed by atoms with Crippen LogP contribution in [0.2, 0.25) is 0 Å². The molecule has 2 amide bonds. The predicted molar refractivity (Wildman–Crippen MR) is 51.1 cm³/mol. The van der Waals surface area contributed by atoms with Crippen molar-refractivity contribution in [2.24, 2.45) is 0 Å². The second-order valence-corrected chi connectivity index (χ2v) is 3.40. The van der Waals surface area contributed by atoms with Gasteiger partial charge < -0.3 is 15.4 Å². The van der Waals surface area contributed by atoms with Gasteiger partial charge in [0, 0.05) is 13.2 Å². The van der Waals surface area contributed by atoms with Crippen LogP contribution in [0.25, 0.3) is 0 Å². The zero-order valence-corrected chi connectivity index (χ0v) is 8.34. The zero-order valence-electron chi connectivity index (χ0n) is 8.34. The topological polar surface area (TPSA) is 67.4 Å². The van der Waals surface area contributed by atoms with E-state index in [1.807, 2.05) is 0 Å². The lowest BCUT2D eigenvalue weighted by Crippen LogP contribution is -2.41. The van der Waals surface area contributed by atoms with Crippen LogP contribution in [0.15, 0.2) is 0 Å². The lowest BCUT2D eigenvalue weighted by atomic mass is 10.2. The number of amides is 2. The van der Waals surface area contributed by atoms with E-state index in [1.54, 1.807) is 0 Å². The molecule has 2 N–H and O–H groups in total. The van der Waals surface area contributed by atoms with Crippen LogP contribution < -0.4 is 10.6 Å². The van der Waals surface area contributed by atoms with Gasteiger partial charge in [0.15, 0.2) is 0 Å². The molecule has 0 spiro atoms. The van der Waals surface area contributed by atoms with Crippen LogP contribution in [0.5, 0.6) is 0 Å². The van der Waals surface area contributed by atoms with E-state index in [1.165, 1.54) is 6.92 Å². The predicted octanol–water partition coefficient (Wildman–Crippen LogP) is 0.0536. The van der Waals surface area contributed by atoms with E-state index >= 15 is 0 Å². The highest BCUT2D eigenvalue weighted by molar-refractivity contribution is 5.83. The van der Waals surface area contributed by atoms with E-state index in [4.69, 9.17) is 4.74 Å². The number of ketones is 1. The SMILES string of the molecule is CC(=O)CNC(=O)NCC1CCCO1. The number of Topliss-reactive ketones (excluding diaryl/α,β-unsaturated/α-hetero) is 1. The summed E-state index contributed by atoms with van der Waals surface area (Å²) in [5.41, 5.74) is 0. The molecule has 1 atom stereocenters. The summed E-state index contributed by atoms with van der Waals surface area (Å²) in [5.74, 6) is -0.0581. The molecule has 0 aromatic carbocycles. The van der Waals surface area contributed by atoms with Gasteiger partial charge >= 0.3 is 6.03 Å². The summed E-state index contributed by atoms with van der Waals surface area (Å²) in [4.78, 5) is 21.6. The van der Waals surface area contributed by atoms with E-state index < -0.39 is 0 Å². The molecule has 1 unspecified atom stereocenters. The number of ether oxygens (including phenoxy) is 1. The second-order valence-electron chi connectivity index (χ2n) is 3.40. The number of carbonyl (C=O) groups excluding carboxylic acids is 2. The first kappa shape index (κ1) is 11.0. The van der Waals surface area contributed by atoms with E-state index in [0.29, 0.717) is 6.54 Å². The Kier molecular flexibility index (Phi) is 4.39. The van der Waals surface area contributed by atoms with Gasteiger partial charge in [-0.05, 0) is 19.8 Å². The van der Waals surface area contributed by atoms with Crippen LogP contribution in [0, 0.1) is 0 Å². The number of hydrogen-bond donors (Lipinski definition) is 2. The molecule has 5 nitrogen and oxygen atoms in total. The van der Waals surface area contributed by atoms with Gasteiger partial charge in [-0.1, -0.05) is 0 Å². The zero-order chi connectivity index (χ0) is 10.4. The quantitative estimate of drug-likeness (QED) is 0.674. The molecular weight excluding hydrogens is 184 g/mol. The average molecular weight is 200 g/mol. The van der Waals surface area contributed by atoms with Gasteiger partial charge in [0.2, 0.25) is 0 Å². The normalized spacial score (nSPS) is 20.5. The smallest absolute Gasteiger partial charge is 0.315 e. The first-order valence-electron chi connectivity index (χ1n) is 4.81. The van der Waals surface area contributed by atoms with Gasteiger partial charge in [-0.15, -0.1) is 0 Å². The van der Waals surface area contributed by atoms with Gasteiger partial charge in [0.05, 0.1) is 12.6 Å². The molecule has 0 radical (unpaired) electrons. The number of nitrogens with one attached hydrogen (secondary N) is 2. The molecule has 5 heteroatoms. The summed E-state index contributed by atoms with van der Waals surface area (Å²) in [6.45, 7) is 2.81. The Hall–Kier alpha value is -1.10. The lowest BCUT2D eigenvalue weighted by molar-refractivity contribution is -0.116. The minimum absolute atomic E-state index is 0.0581. The monoisotopic (exact) mass is 200 g/mol. The third kappa shape index (κ3) is 4.23. The molecule has 1 aliphatic heterocycles. The molecule has 0 bridgehead atoms. The summed E-state index contributed by atoms with van der Waals surface area (Å²) < 4.78 is 5.32. The van der Waals surface area contributed by atoms with Crippen molar-refractivity contribution in [3.63, 3.8) is 0 Å². The maximum Gasteiger partial charge on any atom is 0.315 e. The Morgan fingerprint density at radius 3 is 2.79 bits per heavy atom. The number of rotatable bonds is 4. The van der Waals surface area contributed by atoms with E-state index in [-0.39, 0.29) is 24.5 Å². The standard InChI is InChI=1S/C9H16N2O3/c1-7(12)5-10-9(13)11-6-8-3-2-4-14-8/h8H,2-6H2,1H3,(H2,10,11,13). The third-order valence-corrected chi connectivity index (χ3v) is 2.01. The van der Waals surface area contributed by atoms with E-state index in [9.17, 15) is 9.59 Å². The Morgan fingerprint density at radius 2 is 2.21 bits per heavy atom. The molecule has 14 heavy (non-hydrogen) atoms. The maximum atomic E-state index is 11.1. The molecule has 0 aliphatic carbocycles. The van der Waals surface area contributed by atoms with Crippen molar-refractivity contribution >= 4 is 11.8 Å². The maximum absolute atomic E-state index is 11.1. The first-order chi connectivity index (χ1) is 6.68. The highest BCUT2D eigenvalue weighted by Gasteiger charge is 2.15. The first-order valence-corrected chi connectivity index (χ1v) is 4.81. The minimum atomic E-state index is -0.310.